The summed E-state index contributed by atoms with van der Waals surface area (Å²) in [6, 6.07) is 6.18. The molecular weight excluding hydrogens is 202 g/mol. The predicted molar refractivity (Wildman–Crippen MR) is 63.4 cm³/mol. The van der Waals surface area contributed by atoms with Crippen LogP contribution in [0.3, 0.4) is 0 Å². The molecule has 3 heteroatoms. The maximum Gasteiger partial charge on any atom is 0.170 e. The molecule has 3 rings (SSSR count). The molecule has 1 N–H and O–H groups in total. The largest absolute Gasteiger partial charge is 0.486 e. The van der Waals surface area contributed by atoms with Crippen LogP contribution >= 0.6 is 0 Å². The predicted octanol–water partition coefficient (Wildman–Crippen LogP) is 3.06. The minimum atomic E-state index is 0.493. The van der Waals surface area contributed by atoms with E-state index in [-0.39, 0.29) is 0 Å². The van der Waals surface area contributed by atoms with E-state index in [1.165, 1.54) is 5.69 Å². The van der Waals surface area contributed by atoms with Gasteiger partial charge in [-0.2, -0.15) is 0 Å². The minimum absolute atomic E-state index is 0.493. The Morgan fingerprint density at radius 1 is 1.19 bits per heavy atom. The van der Waals surface area contributed by atoms with Crippen LogP contribution in [0.25, 0.3) is 10.9 Å². The summed E-state index contributed by atoms with van der Waals surface area (Å²) in [5, 5.41) is 1.13. The summed E-state index contributed by atoms with van der Waals surface area (Å²) < 4.78 is 11.2. The van der Waals surface area contributed by atoms with Crippen LogP contribution in [0.5, 0.6) is 11.5 Å². The van der Waals surface area contributed by atoms with Crippen LogP contribution < -0.4 is 9.47 Å². The maximum atomic E-state index is 5.68. The van der Waals surface area contributed by atoms with E-state index >= 15 is 0 Å². The fraction of sp³-hybridized carbons (Fsp3) is 0.385. The van der Waals surface area contributed by atoms with Gasteiger partial charge in [0.15, 0.2) is 11.5 Å². The monoisotopic (exact) mass is 217 g/mol. The summed E-state index contributed by atoms with van der Waals surface area (Å²) in [5.41, 5.74) is 2.35. The number of fused-ring (bicyclic) bond motifs is 3. The van der Waals surface area contributed by atoms with E-state index in [0.717, 1.165) is 22.4 Å². The van der Waals surface area contributed by atoms with Crippen molar-refractivity contribution in [1.29, 1.82) is 0 Å². The van der Waals surface area contributed by atoms with E-state index in [9.17, 15) is 0 Å². The molecule has 0 unspecified atom stereocenters. The molecule has 0 aliphatic carbocycles. The third-order valence-corrected chi connectivity index (χ3v) is 2.95. The number of aromatic amines is 1. The summed E-state index contributed by atoms with van der Waals surface area (Å²) in [6.07, 6.45) is 0. The van der Waals surface area contributed by atoms with E-state index in [1.54, 1.807) is 0 Å². The lowest BCUT2D eigenvalue weighted by Gasteiger charge is -2.18. The van der Waals surface area contributed by atoms with E-state index in [2.05, 4.69) is 31.0 Å². The van der Waals surface area contributed by atoms with Crippen LogP contribution in [0.1, 0.15) is 25.5 Å². The lowest BCUT2D eigenvalue weighted by atomic mass is 10.1. The summed E-state index contributed by atoms with van der Waals surface area (Å²) in [4.78, 5) is 3.41. The van der Waals surface area contributed by atoms with Crippen LogP contribution in [0.2, 0.25) is 0 Å². The highest BCUT2D eigenvalue weighted by molar-refractivity contribution is 5.89. The van der Waals surface area contributed by atoms with E-state index in [1.807, 2.05) is 6.07 Å². The Balaban J connectivity index is 2.22. The lowest BCUT2D eigenvalue weighted by molar-refractivity contribution is 0.174. The second kappa shape index (κ2) is 3.44. The zero-order valence-corrected chi connectivity index (χ0v) is 9.54. The highest BCUT2D eigenvalue weighted by atomic mass is 16.6. The van der Waals surface area contributed by atoms with Crippen molar-refractivity contribution >= 4 is 10.9 Å². The molecule has 0 radical (unpaired) electrons. The highest BCUT2D eigenvalue weighted by Crippen LogP contribution is 2.38. The topological polar surface area (TPSA) is 34.2 Å². The first-order valence-corrected chi connectivity index (χ1v) is 5.67. The Hall–Kier alpha value is -1.64. The van der Waals surface area contributed by atoms with Gasteiger partial charge in [0, 0.05) is 16.6 Å². The zero-order chi connectivity index (χ0) is 11.1. The first-order chi connectivity index (χ1) is 7.75. The molecule has 0 fully saturated rings. The quantitative estimate of drug-likeness (QED) is 0.796. The second-order valence-electron chi connectivity index (χ2n) is 4.43. The summed E-state index contributed by atoms with van der Waals surface area (Å²) in [7, 11) is 0. The SMILES string of the molecule is CC(C)c1cc2c3c(ccc2[nH]1)OCCO3. The fourth-order valence-electron chi connectivity index (χ4n) is 2.05. The van der Waals surface area contributed by atoms with E-state index < -0.39 is 0 Å². The molecule has 1 aliphatic heterocycles. The summed E-state index contributed by atoms with van der Waals surface area (Å²) in [5.74, 6) is 2.23. The van der Waals surface area contributed by atoms with Crippen molar-refractivity contribution in [3.63, 3.8) is 0 Å². The van der Waals surface area contributed by atoms with E-state index in [4.69, 9.17) is 9.47 Å². The minimum Gasteiger partial charge on any atom is -0.486 e. The van der Waals surface area contributed by atoms with Crippen molar-refractivity contribution in [2.45, 2.75) is 19.8 Å². The Morgan fingerprint density at radius 2 is 2.00 bits per heavy atom. The summed E-state index contributed by atoms with van der Waals surface area (Å²) in [6.45, 7) is 5.62. The van der Waals surface area contributed by atoms with Crippen molar-refractivity contribution in [1.82, 2.24) is 4.98 Å². The lowest BCUT2D eigenvalue weighted by Crippen LogP contribution is -2.15. The molecule has 1 aromatic heterocycles. The van der Waals surface area contributed by atoms with Crippen LogP contribution in [0, 0.1) is 0 Å². The molecule has 0 atom stereocenters. The number of H-pyrrole nitrogens is 1. The van der Waals surface area contributed by atoms with Gasteiger partial charge in [0.2, 0.25) is 0 Å². The molecule has 16 heavy (non-hydrogen) atoms. The normalized spacial score (nSPS) is 14.7. The van der Waals surface area contributed by atoms with Crippen molar-refractivity contribution in [3.8, 4) is 11.5 Å². The number of hydrogen-bond acceptors (Lipinski definition) is 2. The molecule has 0 saturated carbocycles. The van der Waals surface area contributed by atoms with Gasteiger partial charge in [0.05, 0.1) is 0 Å². The van der Waals surface area contributed by atoms with Gasteiger partial charge >= 0.3 is 0 Å². The van der Waals surface area contributed by atoms with Crippen LogP contribution in [-0.2, 0) is 0 Å². The maximum absolute atomic E-state index is 5.68. The molecule has 84 valence electrons. The van der Waals surface area contributed by atoms with Crippen LogP contribution in [0.4, 0.5) is 0 Å². The standard InChI is InChI=1S/C13H15NO2/c1-8(2)11-7-9-10(14-11)3-4-12-13(9)16-6-5-15-12/h3-4,7-8,14H,5-6H2,1-2H3. The first kappa shape index (κ1) is 9.58. The molecule has 1 aliphatic rings. The zero-order valence-electron chi connectivity index (χ0n) is 9.54. The third-order valence-electron chi connectivity index (χ3n) is 2.95. The van der Waals surface area contributed by atoms with Gasteiger partial charge in [0.1, 0.15) is 13.2 Å². The van der Waals surface area contributed by atoms with Crippen molar-refractivity contribution in [2.75, 3.05) is 13.2 Å². The first-order valence-electron chi connectivity index (χ1n) is 5.67. The molecule has 2 heterocycles. The Morgan fingerprint density at radius 3 is 2.81 bits per heavy atom. The average molecular weight is 217 g/mol. The van der Waals surface area contributed by atoms with Gasteiger partial charge < -0.3 is 14.5 Å². The van der Waals surface area contributed by atoms with Gasteiger partial charge in [-0.25, -0.2) is 0 Å². The molecule has 0 saturated heterocycles. The highest BCUT2D eigenvalue weighted by Gasteiger charge is 2.17. The molecule has 0 spiro atoms. The third kappa shape index (κ3) is 1.35. The molecule has 0 bridgehead atoms. The Bertz CT molecular complexity index is 528. The van der Waals surface area contributed by atoms with Crippen molar-refractivity contribution < 1.29 is 9.47 Å². The van der Waals surface area contributed by atoms with Crippen LogP contribution in [0.15, 0.2) is 18.2 Å². The van der Waals surface area contributed by atoms with Gasteiger partial charge in [-0.3, -0.25) is 0 Å². The molecule has 1 aromatic carbocycles. The van der Waals surface area contributed by atoms with Gasteiger partial charge in [-0.15, -0.1) is 0 Å². The second-order valence-corrected chi connectivity index (χ2v) is 4.43. The number of rotatable bonds is 1. The number of hydrogen-bond donors (Lipinski definition) is 1. The number of nitrogens with one attached hydrogen (secondary N) is 1. The number of benzene rings is 1. The van der Waals surface area contributed by atoms with Gasteiger partial charge in [-0.05, 0) is 24.1 Å². The smallest absolute Gasteiger partial charge is 0.170 e. The molecule has 0 amide bonds. The Labute approximate surface area is 94.4 Å². The van der Waals surface area contributed by atoms with Gasteiger partial charge in [-0.1, -0.05) is 13.8 Å². The molecule has 2 aromatic rings. The molecule has 3 nitrogen and oxygen atoms in total. The molecular formula is C13H15NO2. The van der Waals surface area contributed by atoms with Gasteiger partial charge in [0.25, 0.3) is 0 Å². The number of aromatic nitrogens is 1. The van der Waals surface area contributed by atoms with Crippen LogP contribution in [-0.4, -0.2) is 18.2 Å². The van der Waals surface area contributed by atoms with Crippen molar-refractivity contribution in [2.24, 2.45) is 0 Å². The van der Waals surface area contributed by atoms with Crippen molar-refractivity contribution in [3.05, 3.63) is 23.9 Å². The summed E-state index contributed by atoms with van der Waals surface area (Å²) >= 11 is 0. The number of ether oxygens (including phenoxy) is 2. The fourth-order valence-corrected chi connectivity index (χ4v) is 2.05. The average Bonchev–Trinajstić information content (AvgIpc) is 2.73. The Kier molecular flexibility index (Phi) is 2.06. The van der Waals surface area contributed by atoms with E-state index in [0.29, 0.717) is 19.1 Å².